The van der Waals surface area contributed by atoms with Crippen molar-refractivity contribution >= 4 is 11.0 Å². The monoisotopic (exact) mass is 320 g/mol. The first-order valence-corrected chi connectivity index (χ1v) is 5.91. The van der Waals surface area contributed by atoms with E-state index in [-0.39, 0.29) is 16.7 Å². The zero-order valence-corrected chi connectivity index (χ0v) is 11.1. The number of rotatable bonds is 3. The Kier molecular flexibility index (Phi) is 3.80. The summed E-state index contributed by atoms with van der Waals surface area (Å²) in [7, 11) is 1.03. The van der Waals surface area contributed by atoms with Crippen molar-refractivity contribution in [3.05, 3.63) is 34.2 Å². The number of benzene rings is 1. The quantitative estimate of drug-likeness (QED) is 0.737. The molecule has 2 rings (SSSR count). The molecule has 120 valence electrons. The lowest BCUT2D eigenvalue weighted by atomic mass is 10.1. The third kappa shape index (κ3) is 2.72. The van der Waals surface area contributed by atoms with Crippen molar-refractivity contribution in [2.75, 3.05) is 7.11 Å². The van der Waals surface area contributed by atoms with E-state index in [1.54, 1.807) is 0 Å². The molecule has 0 saturated heterocycles. The first-order valence-electron chi connectivity index (χ1n) is 5.91. The average molecular weight is 320 g/mol. The largest absolute Gasteiger partial charge is 0.508 e. The van der Waals surface area contributed by atoms with Crippen molar-refractivity contribution in [3.8, 4) is 11.5 Å². The summed E-state index contributed by atoms with van der Waals surface area (Å²) in [5.74, 6) is -5.65. The lowest BCUT2D eigenvalue weighted by Gasteiger charge is -2.24. The summed E-state index contributed by atoms with van der Waals surface area (Å²) in [5, 5.41) is 27.5. The van der Waals surface area contributed by atoms with Crippen LogP contribution in [0.1, 0.15) is 5.76 Å². The maximum absolute atomic E-state index is 12.5. The number of phenols is 1. The van der Waals surface area contributed by atoms with Gasteiger partial charge in [-0.25, -0.2) is 0 Å². The van der Waals surface area contributed by atoms with Gasteiger partial charge in [0.15, 0.2) is 5.76 Å². The van der Waals surface area contributed by atoms with E-state index < -0.39 is 35.3 Å². The van der Waals surface area contributed by atoms with E-state index in [0.717, 1.165) is 13.2 Å². The number of hydrogen-bond donors (Lipinski definition) is 3. The maximum atomic E-state index is 12.5. The Bertz CT molecular complexity index is 763. The van der Waals surface area contributed by atoms with E-state index >= 15 is 0 Å². The molecule has 22 heavy (non-hydrogen) atoms. The zero-order chi connectivity index (χ0) is 16.7. The molecule has 0 fully saturated rings. The van der Waals surface area contributed by atoms with Gasteiger partial charge >= 0.3 is 6.18 Å². The van der Waals surface area contributed by atoms with Gasteiger partial charge in [-0.2, -0.15) is 13.2 Å². The summed E-state index contributed by atoms with van der Waals surface area (Å²) in [6.45, 7) is 0. The van der Waals surface area contributed by atoms with Gasteiger partial charge in [0, 0.05) is 6.07 Å². The first-order chi connectivity index (χ1) is 10.1. The maximum Gasteiger partial charge on any atom is 0.443 e. The van der Waals surface area contributed by atoms with Crippen molar-refractivity contribution in [3.63, 3.8) is 0 Å². The normalized spacial score (nSPS) is 12.6. The molecule has 1 heterocycles. The molecule has 0 aliphatic carbocycles. The van der Waals surface area contributed by atoms with Crippen LogP contribution in [0.2, 0.25) is 0 Å². The summed E-state index contributed by atoms with van der Waals surface area (Å²) in [5.41, 5.74) is -1.00. The predicted molar refractivity (Wildman–Crippen MR) is 67.6 cm³/mol. The van der Waals surface area contributed by atoms with Gasteiger partial charge in [0.25, 0.3) is 5.79 Å². The van der Waals surface area contributed by atoms with Crippen LogP contribution in [0, 0.1) is 0 Å². The minimum atomic E-state index is -5.36. The van der Waals surface area contributed by atoms with Crippen LogP contribution in [0.5, 0.6) is 11.5 Å². The molecule has 0 atom stereocenters. The number of halogens is 3. The number of aromatic hydroxyl groups is 1. The van der Waals surface area contributed by atoms with Gasteiger partial charge in [-0.3, -0.25) is 4.79 Å². The van der Waals surface area contributed by atoms with Crippen molar-refractivity contribution < 1.29 is 37.6 Å². The molecule has 0 spiro atoms. The summed E-state index contributed by atoms with van der Waals surface area (Å²) < 4.78 is 47.4. The van der Waals surface area contributed by atoms with Crippen LogP contribution in [0.25, 0.3) is 11.0 Å². The predicted octanol–water partition coefficient (Wildman–Crippen LogP) is 1.29. The van der Waals surface area contributed by atoms with Crippen LogP contribution in [0.4, 0.5) is 13.2 Å². The molecule has 3 N–H and O–H groups in total. The second-order valence-electron chi connectivity index (χ2n) is 4.56. The Morgan fingerprint density at radius 3 is 2.45 bits per heavy atom. The highest BCUT2D eigenvalue weighted by molar-refractivity contribution is 5.79. The molecular formula is C13H11F3O6. The minimum Gasteiger partial charge on any atom is -0.508 e. The Morgan fingerprint density at radius 2 is 1.91 bits per heavy atom. The van der Waals surface area contributed by atoms with Crippen molar-refractivity contribution in [1.29, 1.82) is 0 Å². The molecule has 0 amide bonds. The number of methoxy groups -OCH3 is 1. The van der Waals surface area contributed by atoms with Gasteiger partial charge in [0.2, 0.25) is 11.2 Å². The van der Waals surface area contributed by atoms with Gasteiger partial charge < -0.3 is 24.5 Å². The lowest BCUT2D eigenvalue weighted by molar-refractivity contribution is -0.348. The fourth-order valence-corrected chi connectivity index (χ4v) is 1.86. The third-order valence-electron chi connectivity index (χ3n) is 2.97. The third-order valence-corrected chi connectivity index (χ3v) is 2.97. The minimum absolute atomic E-state index is 0.0353. The molecule has 1 aromatic heterocycles. The Labute approximate surface area is 121 Å². The molecule has 2 aromatic rings. The van der Waals surface area contributed by atoms with Gasteiger partial charge in [-0.15, -0.1) is 0 Å². The molecule has 0 aliphatic heterocycles. The number of ether oxygens (including phenoxy) is 1. The highest BCUT2D eigenvalue weighted by atomic mass is 19.4. The molecular weight excluding hydrogens is 309 g/mol. The first kappa shape index (κ1) is 16.1. The highest BCUT2D eigenvalue weighted by Crippen LogP contribution is 2.34. The van der Waals surface area contributed by atoms with Gasteiger partial charge in [-0.05, 0) is 12.1 Å². The molecule has 6 nitrogen and oxygen atoms in total. The summed E-state index contributed by atoms with van der Waals surface area (Å²) in [6, 6.07) is 3.41. The molecule has 0 unspecified atom stereocenters. The highest BCUT2D eigenvalue weighted by Gasteiger charge is 2.53. The van der Waals surface area contributed by atoms with E-state index in [4.69, 9.17) is 19.4 Å². The summed E-state index contributed by atoms with van der Waals surface area (Å²) in [6.07, 6.45) is -6.80. The summed E-state index contributed by atoms with van der Waals surface area (Å²) in [4.78, 5) is 12.1. The van der Waals surface area contributed by atoms with Crippen molar-refractivity contribution in [2.24, 2.45) is 0 Å². The van der Waals surface area contributed by atoms with E-state index in [9.17, 15) is 23.1 Å². The van der Waals surface area contributed by atoms with E-state index in [0.29, 0.717) is 0 Å². The van der Waals surface area contributed by atoms with Crippen LogP contribution >= 0.6 is 0 Å². The Morgan fingerprint density at radius 1 is 1.27 bits per heavy atom. The molecule has 9 heteroatoms. The van der Waals surface area contributed by atoms with E-state index in [2.05, 4.69) is 0 Å². The molecule has 0 radical (unpaired) electrons. The molecule has 0 saturated carbocycles. The number of aliphatic hydroxyl groups is 2. The fourth-order valence-electron chi connectivity index (χ4n) is 1.86. The smallest absolute Gasteiger partial charge is 0.443 e. The van der Waals surface area contributed by atoms with Crippen LogP contribution in [-0.2, 0) is 6.42 Å². The number of alkyl halides is 3. The standard InChI is InChI=1S/C13H11F3O6/c1-21-11-9(5-12(19,20)13(14,15)16)22-8-4-6(17)2-3-7(8)10(11)18/h2-4,17,19-20H,5H2,1H3. The second kappa shape index (κ2) is 5.18. The lowest BCUT2D eigenvalue weighted by Crippen LogP contribution is -2.47. The average Bonchev–Trinajstić information content (AvgIpc) is 2.36. The molecule has 0 aliphatic rings. The van der Waals surface area contributed by atoms with Crippen LogP contribution in [-0.4, -0.2) is 34.4 Å². The molecule has 0 bridgehead atoms. The second-order valence-corrected chi connectivity index (χ2v) is 4.56. The fraction of sp³-hybridized carbons (Fsp3) is 0.308. The number of fused-ring (bicyclic) bond motifs is 1. The number of hydrogen-bond acceptors (Lipinski definition) is 6. The van der Waals surface area contributed by atoms with Crippen LogP contribution in [0.3, 0.4) is 0 Å². The Balaban J connectivity index is 2.65. The number of phenolic OH excluding ortho intramolecular Hbond substituents is 1. The van der Waals surface area contributed by atoms with Crippen molar-refractivity contribution in [2.45, 2.75) is 18.4 Å². The summed E-state index contributed by atoms with van der Waals surface area (Å²) >= 11 is 0. The van der Waals surface area contributed by atoms with Crippen molar-refractivity contribution in [1.82, 2.24) is 0 Å². The topological polar surface area (TPSA) is 100 Å². The van der Waals surface area contributed by atoms with E-state index in [1.165, 1.54) is 12.1 Å². The Hall–Kier alpha value is -2.26. The van der Waals surface area contributed by atoms with Gasteiger partial charge in [0.05, 0.1) is 18.9 Å². The van der Waals surface area contributed by atoms with Crippen LogP contribution < -0.4 is 10.2 Å². The zero-order valence-electron chi connectivity index (χ0n) is 11.1. The van der Waals surface area contributed by atoms with E-state index in [1.807, 2.05) is 0 Å². The van der Waals surface area contributed by atoms with Crippen LogP contribution in [0.15, 0.2) is 27.4 Å². The molecule has 1 aromatic carbocycles. The van der Waals surface area contributed by atoms with Gasteiger partial charge in [0.1, 0.15) is 11.3 Å². The van der Waals surface area contributed by atoms with Gasteiger partial charge in [-0.1, -0.05) is 0 Å². The SMILES string of the molecule is COc1c(CC(O)(O)C(F)(F)F)oc2cc(O)ccc2c1=O.